The van der Waals surface area contributed by atoms with Crippen LogP contribution in [0.4, 0.5) is 5.69 Å². The van der Waals surface area contributed by atoms with E-state index in [2.05, 4.69) is 22.4 Å². The van der Waals surface area contributed by atoms with Crippen molar-refractivity contribution in [2.75, 3.05) is 5.32 Å². The van der Waals surface area contributed by atoms with Crippen LogP contribution in [-0.2, 0) is 11.2 Å². The molecule has 2 aromatic heterocycles. The summed E-state index contributed by atoms with van der Waals surface area (Å²) in [7, 11) is 0. The third-order valence-corrected chi connectivity index (χ3v) is 4.67. The lowest BCUT2D eigenvalue weighted by Crippen LogP contribution is -2.14. The van der Waals surface area contributed by atoms with Crippen LogP contribution in [0, 0.1) is 6.92 Å². The van der Waals surface area contributed by atoms with Gasteiger partial charge in [-0.15, -0.1) is 0 Å². The molecule has 0 aliphatic carbocycles. The predicted molar refractivity (Wildman–Crippen MR) is 105 cm³/mol. The first kappa shape index (κ1) is 15.6. The molecule has 27 heavy (non-hydrogen) atoms. The van der Waals surface area contributed by atoms with Crippen LogP contribution in [0.25, 0.3) is 32.8 Å². The highest BCUT2D eigenvalue weighted by Gasteiger charge is 2.14. The van der Waals surface area contributed by atoms with Gasteiger partial charge in [-0.25, -0.2) is 4.98 Å². The van der Waals surface area contributed by atoms with Gasteiger partial charge in [-0.2, -0.15) is 0 Å². The van der Waals surface area contributed by atoms with Gasteiger partial charge >= 0.3 is 0 Å². The second-order valence-corrected chi connectivity index (χ2v) is 6.56. The number of aromatic nitrogens is 1. The maximum atomic E-state index is 12.6. The Bertz CT molecular complexity index is 1310. The number of carbonyl (C=O) groups is 1. The normalized spacial score (nSPS) is 11.4. The molecule has 0 aliphatic heterocycles. The molecule has 2 heterocycles. The lowest BCUT2D eigenvalue weighted by molar-refractivity contribution is -0.115. The lowest BCUT2D eigenvalue weighted by atomic mass is 10.0. The fourth-order valence-electron chi connectivity index (χ4n) is 3.50. The van der Waals surface area contributed by atoms with Crippen LogP contribution in [0.15, 0.2) is 69.7 Å². The van der Waals surface area contributed by atoms with E-state index >= 15 is 0 Å². The highest BCUT2D eigenvalue weighted by molar-refractivity contribution is 6.09. The summed E-state index contributed by atoms with van der Waals surface area (Å²) >= 11 is 0. The van der Waals surface area contributed by atoms with Crippen LogP contribution >= 0.6 is 0 Å². The number of oxazole rings is 1. The van der Waals surface area contributed by atoms with Crippen molar-refractivity contribution in [3.8, 4) is 0 Å². The molecule has 5 nitrogen and oxygen atoms in total. The fraction of sp³-hybridized carbons (Fsp3) is 0.0909. The van der Waals surface area contributed by atoms with Crippen LogP contribution in [0.3, 0.4) is 0 Å². The van der Waals surface area contributed by atoms with E-state index in [1.165, 1.54) is 0 Å². The number of nitrogens with zero attached hydrogens (tertiary/aromatic N) is 1. The molecule has 5 heteroatoms. The number of hydrogen-bond acceptors (Lipinski definition) is 4. The summed E-state index contributed by atoms with van der Waals surface area (Å²) in [5, 5.41) is 6.14. The Balaban J connectivity index is 1.45. The van der Waals surface area contributed by atoms with Crippen molar-refractivity contribution in [3.63, 3.8) is 0 Å². The zero-order valence-electron chi connectivity index (χ0n) is 14.7. The number of nitrogens with one attached hydrogen (secondary N) is 1. The van der Waals surface area contributed by atoms with Gasteiger partial charge in [0.15, 0.2) is 11.5 Å². The van der Waals surface area contributed by atoms with Crippen molar-refractivity contribution >= 4 is 44.4 Å². The molecule has 0 spiro atoms. The third kappa shape index (κ3) is 2.73. The topological polar surface area (TPSA) is 68.3 Å². The van der Waals surface area contributed by atoms with E-state index in [4.69, 9.17) is 8.83 Å². The number of furan rings is 1. The first-order chi connectivity index (χ1) is 13.2. The zero-order valence-corrected chi connectivity index (χ0v) is 14.7. The number of benzene rings is 3. The van der Waals surface area contributed by atoms with Crippen LogP contribution in [0.5, 0.6) is 0 Å². The van der Waals surface area contributed by atoms with Crippen molar-refractivity contribution in [2.45, 2.75) is 13.3 Å². The molecule has 3 aromatic carbocycles. The summed E-state index contributed by atoms with van der Waals surface area (Å²) in [5.41, 5.74) is 3.79. The average Bonchev–Trinajstić information content (AvgIpc) is 3.24. The van der Waals surface area contributed by atoms with Gasteiger partial charge in [-0.3, -0.25) is 4.79 Å². The lowest BCUT2D eigenvalue weighted by Gasteiger charge is -2.05. The van der Waals surface area contributed by atoms with E-state index in [1.807, 2.05) is 42.5 Å². The number of aryl methyl sites for hydroxylation is 1. The van der Waals surface area contributed by atoms with E-state index in [1.54, 1.807) is 13.2 Å². The van der Waals surface area contributed by atoms with Gasteiger partial charge in [0.1, 0.15) is 11.1 Å². The summed E-state index contributed by atoms with van der Waals surface area (Å²) in [5.74, 6) is 0.496. The monoisotopic (exact) mass is 356 g/mol. The van der Waals surface area contributed by atoms with Crippen molar-refractivity contribution in [1.82, 2.24) is 4.98 Å². The van der Waals surface area contributed by atoms with E-state index in [-0.39, 0.29) is 12.3 Å². The Morgan fingerprint density at radius 1 is 1.07 bits per heavy atom. The summed E-state index contributed by atoms with van der Waals surface area (Å²) in [6.45, 7) is 1.80. The minimum absolute atomic E-state index is 0.106. The number of fused-ring (bicyclic) bond motifs is 4. The highest BCUT2D eigenvalue weighted by Crippen LogP contribution is 2.30. The minimum atomic E-state index is -0.106. The molecule has 0 saturated carbocycles. The summed E-state index contributed by atoms with van der Waals surface area (Å²) in [6.07, 6.45) is 1.90. The van der Waals surface area contributed by atoms with E-state index in [0.717, 1.165) is 32.8 Å². The van der Waals surface area contributed by atoms with Crippen molar-refractivity contribution in [3.05, 3.63) is 72.3 Å². The smallest absolute Gasteiger partial charge is 0.228 e. The van der Waals surface area contributed by atoms with Gasteiger partial charge in [0.25, 0.3) is 0 Å². The number of carbonyl (C=O) groups excluding carboxylic acids is 1. The van der Waals surface area contributed by atoms with Gasteiger partial charge in [0.05, 0.1) is 12.7 Å². The standard InChI is InChI=1S/C22H16N2O3/c1-13-23-18-11-16(7-9-19(18)27-13)24-21(25)10-15-12-26-20-8-6-14-4-2-3-5-17(14)22(15)20/h2-9,11-12H,10H2,1H3,(H,24,25). The molecule has 132 valence electrons. The maximum absolute atomic E-state index is 12.6. The average molecular weight is 356 g/mol. The van der Waals surface area contributed by atoms with Gasteiger partial charge in [0, 0.05) is 23.6 Å². The molecule has 0 fully saturated rings. The van der Waals surface area contributed by atoms with Gasteiger partial charge in [-0.1, -0.05) is 30.3 Å². The second-order valence-electron chi connectivity index (χ2n) is 6.56. The molecule has 5 rings (SSSR count). The molecule has 0 radical (unpaired) electrons. The van der Waals surface area contributed by atoms with Crippen molar-refractivity contribution in [2.24, 2.45) is 0 Å². The fourth-order valence-corrected chi connectivity index (χ4v) is 3.50. The SMILES string of the molecule is Cc1nc2cc(NC(=O)Cc3coc4ccc5ccccc5c34)ccc2o1. The van der Waals surface area contributed by atoms with Crippen molar-refractivity contribution < 1.29 is 13.6 Å². The van der Waals surface area contributed by atoms with E-state index in [0.29, 0.717) is 17.2 Å². The first-order valence-corrected chi connectivity index (χ1v) is 8.72. The van der Waals surface area contributed by atoms with Gasteiger partial charge < -0.3 is 14.2 Å². The largest absolute Gasteiger partial charge is 0.464 e. The molecule has 0 bridgehead atoms. The third-order valence-electron chi connectivity index (χ3n) is 4.67. The molecule has 0 atom stereocenters. The van der Waals surface area contributed by atoms with E-state index < -0.39 is 0 Å². The molecule has 1 N–H and O–H groups in total. The number of rotatable bonds is 3. The van der Waals surface area contributed by atoms with E-state index in [9.17, 15) is 4.79 Å². The molecule has 0 unspecified atom stereocenters. The zero-order chi connectivity index (χ0) is 18.4. The molecular formula is C22H16N2O3. The molecule has 5 aromatic rings. The quantitative estimate of drug-likeness (QED) is 0.481. The molecule has 0 saturated heterocycles. The number of hydrogen-bond donors (Lipinski definition) is 1. The summed E-state index contributed by atoms with van der Waals surface area (Å²) in [4.78, 5) is 16.9. The molecule has 1 amide bonds. The summed E-state index contributed by atoms with van der Waals surface area (Å²) in [6, 6.07) is 17.5. The number of amides is 1. The predicted octanol–water partition coefficient (Wildman–Crippen LogP) is 5.22. The van der Waals surface area contributed by atoms with Crippen LogP contribution in [0.2, 0.25) is 0 Å². The van der Waals surface area contributed by atoms with Crippen LogP contribution in [0.1, 0.15) is 11.5 Å². The maximum Gasteiger partial charge on any atom is 0.228 e. The Hall–Kier alpha value is -3.60. The Morgan fingerprint density at radius 3 is 2.85 bits per heavy atom. The molecule has 0 aliphatic rings. The van der Waals surface area contributed by atoms with Crippen LogP contribution < -0.4 is 5.32 Å². The first-order valence-electron chi connectivity index (χ1n) is 8.72. The highest BCUT2D eigenvalue weighted by atomic mass is 16.3. The molecular weight excluding hydrogens is 340 g/mol. The Kier molecular flexibility index (Phi) is 3.47. The van der Waals surface area contributed by atoms with Gasteiger partial charge in [-0.05, 0) is 35.0 Å². The van der Waals surface area contributed by atoms with Crippen molar-refractivity contribution in [1.29, 1.82) is 0 Å². The number of anilines is 1. The van der Waals surface area contributed by atoms with Gasteiger partial charge in [0.2, 0.25) is 5.91 Å². The minimum Gasteiger partial charge on any atom is -0.464 e. The summed E-state index contributed by atoms with van der Waals surface area (Å²) < 4.78 is 11.1. The Morgan fingerprint density at radius 2 is 1.93 bits per heavy atom. The second kappa shape index (κ2) is 5.99. The van der Waals surface area contributed by atoms with Crippen LogP contribution in [-0.4, -0.2) is 10.9 Å². The Labute approximate surface area is 154 Å².